The number of aromatic amines is 1. The molecule has 2 heterocycles. The highest BCUT2D eigenvalue weighted by Crippen LogP contribution is 2.37. The summed E-state index contributed by atoms with van der Waals surface area (Å²) in [5.74, 6) is -0.673. The third-order valence-corrected chi connectivity index (χ3v) is 6.07. The zero-order chi connectivity index (χ0) is 19.8. The fourth-order valence-electron chi connectivity index (χ4n) is 4.50. The molecule has 1 fully saturated rings. The number of benzene rings is 2. The highest BCUT2D eigenvalue weighted by Gasteiger charge is 2.49. The number of quaternary nitrogens is 1. The Hall–Kier alpha value is -2.47. The molecule has 3 atom stereocenters. The van der Waals surface area contributed by atoms with E-state index in [1.54, 1.807) is 0 Å². The lowest BCUT2D eigenvalue weighted by Gasteiger charge is -2.53. The largest absolute Gasteiger partial charge is 0.632 e. The number of likely N-dealkylation sites (tertiary alicyclic amines) is 1. The second-order valence-electron chi connectivity index (χ2n) is 8.02. The minimum atomic E-state index is -1.30. The third-order valence-electron chi connectivity index (χ3n) is 6.07. The number of aliphatic hydroxyl groups is 1. The van der Waals surface area contributed by atoms with Gasteiger partial charge in [-0.1, -0.05) is 55.5 Å². The van der Waals surface area contributed by atoms with Crippen molar-refractivity contribution in [3.63, 3.8) is 0 Å². The molecule has 0 saturated carbocycles. The van der Waals surface area contributed by atoms with Crippen LogP contribution in [0.1, 0.15) is 35.8 Å². The topological polar surface area (TPSA) is 76.2 Å². The molecular weight excluding hydrogens is 352 g/mol. The molecular formula is C23H26N2O3. The number of hydrogen-bond donors (Lipinski definition) is 2. The lowest BCUT2D eigenvalue weighted by atomic mass is 9.75. The summed E-state index contributed by atoms with van der Waals surface area (Å²) in [5.41, 5.74) is 1.06. The normalized spacial score (nSPS) is 27.8. The van der Waals surface area contributed by atoms with Crippen LogP contribution in [0.4, 0.5) is 0 Å². The number of H-pyrrole nitrogens is 1. The molecule has 0 radical (unpaired) electrons. The Morgan fingerprint density at radius 1 is 1.21 bits per heavy atom. The number of fused-ring (bicyclic) bond motifs is 1. The van der Waals surface area contributed by atoms with Gasteiger partial charge in [0.05, 0.1) is 18.2 Å². The van der Waals surface area contributed by atoms with Crippen LogP contribution in [0.2, 0.25) is 0 Å². The number of Topliss-reactive ketones (excluding diaryl/α,β-unsaturated/α-hetero) is 1. The number of hydroxylamine groups is 3. The number of carbonyl (C=O) groups is 1. The van der Waals surface area contributed by atoms with Crippen LogP contribution in [-0.4, -0.2) is 39.2 Å². The maximum Gasteiger partial charge on any atom is 0.185 e. The predicted molar refractivity (Wildman–Crippen MR) is 109 cm³/mol. The quantitative estimate of drug-likeness (QED) is 0.400. The van der Waals surface area contributed by atoms with E-state index in [9.17, 15) is 15.1 Å². The Labute approximate surface area is 164 Å². The lowest BCUT2D eigenvalue weighted by Crippen LogP contribution is -2.62. The molecule has 2 aromatic carbocycles. The van der Waals surface area contributed by atoms with Crippen LogP contribution in [0, 0.1) is 11.1 Å². The monoisotopic (exact) mass is 378 g/mol. The smallest absolute Gasteiger partial charge is 0.185 e. The van der Waals surface area contributed by atoms with Crippen LogP contribution in [0.25, 0.3) is 10.9 Å². The molecule has 3 aromatic rings. The maximum absolute atomic E-state index is 13.4. The summed E-state index contributed by atoms with van der Waals surface area (Å²) in [6.07, 6.45) is 0.759. The number of aromatic nitrogens is 1. The van der Waals surface area contributed by atoms with Gasteiger partial charge < -0.3 is 19.9 Å². The Morgan fingerprint density at radius 2 is 1.93 bits per heavy atom. The van der Waals surface area contributed by atoms with Gasteiger partial charge in [0.1, 0.15) is 18.7 Å². The van der Waals surface area contributed by atoms with Crippen molar-refractivity contribution in [2.24, 2.45) is 5.92 Å². The number of para-hydroxylation sites is 1. The maximum atomic E-state index is 13.4. The molecule has 1 aliphatic heterocycles. The summed E-state index contributed by atoms with van der Waals surface area (Å²) in [6, 6.07) is 19.2. The molecule has 1 aliphatic rings. The van der Waals surface area contributed by atoms with Gasteiger partial charge in [-0.3, -0.25) is 4.79 Å². The molecule has 1 saturated heterocycles. The SMILES string of the molecule is CC[C@]1(O)C[N+]([O-])(Cc2ccccc2)CC[C@@H]1C(=O)c1cc2ccccc2[nH]1. The Balaban J connectivity index is 1.58. The molecule has 0 amide bonds. The lowest BCUT2D eigenvalue weighted by molar-refractivity contribution is -0.907. The number of nitrogens with zero attached hydrogens (tertiary/aromatic N) is 1. The van der Waals surface area contributed by atoms with E-state index in [1.807, 2.05) is 67.6 Å². The van der Waals surface area contributed by atoms with E-state index in [2.05, 4.69) is 4.98 Å². The Morgan fingerprint density at radius 3 is 2.64 bits per heavy atom. The van der Waals surface area contributed by atoms with Crippen molar-refractivity contribution in [3.8, 4) is 0 Å². The standard InChI is InChI=1S/C23H26N2O3/c1-2-23(27)16-25(28,15-17-8-4-3-5-9-17)13-12-19(23)22(26)21-14-18-10-6-7-11-20(18)24-21/h3-11,14,19,24,27H,2,12-13,15-16H2,1H3/t19-,23+,25?/m1/s1. The van der Waals surface area contributed by atoms with E-state index in [1.165, 1.54) is 0 Å². The second-order valence-corrected chi connectivity index (χ2v) is 8.02. The number of nitrogens with one attached hydrogen (secondary N) is 1. The van der Waals surface area contributed by atoms with Gasteiger partial charge in [0.25, 0.3) is 0 Å². The van der Waals surface area contributed by atoms with E-state index in [0.29, 0.717) is 31.6 Å². The highest BCUT2D eigenvalue weighted by molar-refractivity contribution is 6.01. The predicted octanol–water partition coefficient (Wildman–Crippen LogP) is 4.03. The van der Waals surface area contributed by atoms with Crippen LogP contribution in [0.5, 0.6) is 0 Å². The van der Waals surface area contributed by atoms with Gasteiger partial charge in [-0.25, -0.2) is 0 Å². The van der Waals surface area contributed by atoms with E-state index >= 15 is 0 Å². The van der Waals surface area contributed by atoms with Crippen molar-refractivity contribution in [3.05, 3.63) is 77.1 Å². The van der Waals surface area contributed by atoms with Crippen molar-refractivity contribution >= 4 is 16.7 Å². The van der Waals surface area contributed by atoms with E-state index < -0.39 is 16.2 Å². The van der Waals surface area contributed by atoms with Crippen molar-refractivity contribution in [2.45, 2.75) is 31.9 Å². The molecule has 146 valence electrons. The first-order valence-electron chi connectivity index (χ1n) is 9.88. The minimum absolute atomic E-state index is 0.0367. The minimum Gasteiger partial charge on any atom is -0.632 e. The summed E-state index contributed by atoms with van der Waals surface area (Å²) in [5, 5.41) is 25.7. The number of rotatable bonds is 5. The third kappa shape index (κ3) is 3.49. The summed E-state index contributed by atoms with van der Waals surface area (Å²) < 4.78 is -0.495. The van der Waals surface area contributed by atoms with Crippen LogP contribution in [0.15, 0.2) is 60.7 Å². The van der Waals surface area contributed by atoms with Gasteiger partial charge in [-0.05, 0) is 18.6 Å². The first-order chi connectivity index (χ1) is 13.4. The Bertz CT molecular complexity index is 951. The highest BCUT2D eigenvalue weighted by atomic mass is 16.5. The number of piperidine rings is 1. The summed E-state index contributed by atoms with van der Waals surface area (Å²) in [4.78, 5) is 16.4. The molecule has 0 aliphatic carbocycles. The fraction of sp³-hybridized carbons (Fsp3) is 0.348. The van der Waals surface area contributed by atoms with E-state index in [0.717, 1.165) is 16.5 Å². The number of carbonyl (C=O) groups excluding carboxylic acids is 1. The first-order valence-corrected chi connectivity index (χ1v) is 9.88. The van der Waals surface area contributed by atoms with Gasteiger partial charge in [0, 0.05) is 22.9 Å². The van der Waals surface area contributed by atoms with Gasteiger partial charge in [-0.2, -0.15) is 0 Å². The molecule has 28 heavy (non-hydrogen) atoms. The van der Waals surface area contributed by atoms with E-state index in [-0.39, 0.29) is 12.3 Å². The summed E-state index contributed by atoms with van der Waals surface area (Å²) >= 11 is 0. The van der Waals surface area contributed by atoms with Crippen LogP contribution >= 0.6 is 0 Å². The van der Waals surface area contributed by atoms with Crippen LogP contribution in [0.3, 0.4) is 0 Å². The summed E-state index contributed by atoms with van der Waals surface area (Å²) in [7, 11) is 0. The second kappa shape index (κ2) is 7.17. The molecule has 4 rings (SSSR count). The average Bonchev–Trinajstić information content (AvgIpc) is 3.12. The Kier molecular flexibility index (Phi) is 4.83. The average molecular weight is 378 g/mol. The molecule has 1 aromatic heterocycles. The number of hydrogen-bond acceptors (Lipinski definition) is 3. The van der Waals surface area contributed by atoms with Crippen molar-refractivity contribution in [1.29, 1.82) is 0 Å². The van der Waals surface area contributed by atoms with E-state index in [4.69, 9.17) is 0 Å². The van der Waals surface area contributed by atoms with Gasteiger partial charge in [-0.15, -0.1) is 0 Å². The first kappa shape index (κ1) is 18.9. The van der Waals surface area contributed by atoms with Crippen molar-refractivity contribution in [1.82, 2.24) is 4.98 Å². The molecule has 1 unspecified atom stereocenters. The van der Waals surface area contributed by atoms with Gasteiger partial charge in [0.15, 0.2) is 5.78 Å². The van der Waals surface area contributed by atoms with Gasteiger partial charge >= 0.3 is 0 Å². The van der Waals surface area contributed by atoms with Crippen molar-refractivity contribution < 1.29 is 14.5 Å². The molecule has 2 N–H and O–H groups in total. The molecule has 0 bridgehead atoms. The fourth-order valence-corrected chi connectivity index (χ4v) is 4.50. The summed E-state index contributed by atoms with van der Waals surface area (Å²) in [6.45, 7) is 2.53. The zero-order valence-corrected chi connectivity index (χ0v) is 16.1. The zero-order valence-electron chi connectivity index (χ0n) is 16.1. The number of ketones is 1. The van der Waals surface area contributed by atoms with Crippen LogP contribution in [-0.2, 0) is 6.54 Å². The molecule has 0 spiro atoms. The van der Waals surface area contributed by atoms with Gasteiger partial charge in [0.2, 0.25) is 0 Å². The molecule has 5 nitrogen and oxygen atoms in total. The van der Waals surface area contributed by atoms with Crippen molar-refractivity contribution in [2.75, 3.05) is 13.1 Å². The van der Waals surface area contributed by atoms with Crippen LogP contribution < -0.4 is 0 Å². The molecule has 5 heteroatoms.